The van der Waals surface area contributed by atoms with Crippen LogP contribution in [0.2, 0.25) is 0 Å². The molecule has 18 heavy (non-hydrogen) atoms. The molecule has 94 valence electrons. The smallest absolute Gasteiger partial charge is 0.176 e. The van der Waals surface area contributed by atoms with Gasteiger partial charge in [0, 0.05) is 12.0 Å². The Morgan fingerprint density at radius 3 is 2.50 bits per heavy atom. The topological polar surface area (TPSA) is 52.6 Å². The molecule has 1 aliphatic heterocycles. The highest BCUT2D eigenvalue weighted by Gasteiger charge is 2.51. The minimum Gasteiger partial charge on any atom is -0.347 e. The number of benzene rings is 1. The summed E-state index contributed by atoms with van der Waals surface area (Å²) in [6.07, 6.45) is 0.538. The summed E-state index contributed by atoms with van der Waals surface area (Å²) < 4.78 is 11.0. The van der Waals surface area contributed by atoms with E-state index >= 15 is 0 Å². The molecule has 4 heteroatoms. The van der Waals surface area contributed by atoms with E-state index in [2.05, 4.69) is 0 Å². The fraction of sp³-hybridized carbons (Fsp3) is 0.429. The van der Waals surface area contributed by atoms with E-state index in [1.165, 1.54) is 0 Å². The molecule has 0 N–H and O–H groups in total. The average molecular weight is 246 g/mol. The van der Waals surface area contributed by atoms with Gasteiger partial charge in [-0.25, -0.2) is 0 Å². The van der Waals surface area contributed by atoms with E-state index in [0.717, 1.165) is 0 Å². The molecule has 4 nitrogen and oxygen atoms in total. The molecular formula is C14H14O4. The third kappa shape index (κ3) is 1.87. The molecule has 0 amide bonds. The highest BCUT2D eigenvalue weighted by molar-refractivity contribution is 6.12. The molecule has 1 heterocycles. The van der Waals surface area contributed by atoms with Gasteiger partial charge in [-0.3, -0.25) is 9.59 Å². The second-order valence-electron chi connectivity index (χ2n) is 4.74. The van der Waals surface area contributed by atoms with Crippen LogP contribution in [0.5, 0.6) is 0 Å². The van der Waals surface area contributed by atoms with Crippen molar-refractivity contribution in [2.24, 2.45) is 5.92 Å². The van der Waals surface area contributed by atoms with E-state index in [1.807, 2.05) is 6.07 Å². The van der Waals surface area contributed by atoms with Gasteiger partial charge in [-0.1, -0.05) is 30.3 Å². The Morgan fingerprint density at radius 1 is 1.17 bits per heavy atom. The Bertz CT molecular complexity index is 474. The molecule has 1 spiro atoms. The van der Waals surface area contributed by atoms with Crippen molar-refractivity contribution in [3.05, 3.63) is 35.9 Å². The molecule has 1 aromatic rings. The van der Waals surface area contributed by atoms with Gasteiger partial charge in [-0.05, 0) is 0 Å². The number of carbonyl (C=O) groups excluding carboxylic acids is 2. The quantitative estimate of drug-likeness (QED) is 0.587. The maximum Gasteiger partial charge on any atom is 0.176 e. The van der Waals surface area contributed by atoms with Crippen LogP contribution in [0.1, 0.15) is 23.2 Å². The number of carbonyl (C=O) groups is 2. The SMILES string of the molecule is O=C1CC2(CC1C(=O)c1ccccc1)OCCO2. The van der Waals surface area contributed by atoms with Crippen LogP contribution in [-0.4, -0.2) is 30.6 Å². The molecule has 3 rings (SSSR count). The molecule has 1 unspecified atom stereocenters. The fourth-order valence-corrected chi connectivity index (χ4v) is 2.65. The van der Waals surface area contributed by atoms with Gasteiger partial charge in [0.05, 0.1) is 25.6 Å². The van der Waals surface area contributed by atoms with Crippen molar-refractivity contribution in [2.75, 3.05) is 13.2 Å². The van der Waals surface area contributed by atoms with E-state index in [0.29, 0.717) is 25.2 Å². The van der Waals surface area contributed by atoms with Crippen molar-refractivity contribution in [3.8, 4) is 0 Å². The lowest BCUT2D eigenvalue weighted by molar-refractivity contribution is -0.154. The predicted octanol–water partition coefficient (Wildman–Crippen LogP) is 1.59. The van der Waals surface area contributed by atoms with E-state index in [9.17, 15) is 9.59 Å². The fourth-order valence-electron chi connectivity index (χ4n) is 2.65. The first-order chi connectivity index (χ1) is 8.70. The van der Waals surface area contributed by atoms with Crippen molar-refractivity contribution >= 4 is 11.6 Å². The van der Waals surface area contributed by atoms with Gasteiger partial charge in [0.1, 0.15) is 5.78 Å². The summed E-state index contributed by atoms with van der Waals surface area (Å²) in [5, 5.41) is 0. The Labute approximate surface area is 105 Å². The Balaban J connectivity index is 1.81. The second kappa shape index (κ2) is 4.30. The number of Topliss-reactive ketones (excluding diaryl/α,β-unsaturated/α-hetero) is 2. The van der Waals surface area contributed by atoms with Crippen LogP contribution in [0.15, 0.2) is 30.3 Å². The standard InChI is InChI=1S/C14H14O4/c15-12-9-14(17-6-7-18-14)8-11(12)13(16)10-4-2-1-3-5-10/h1-5,11H,6-9H2. The molecule has 1 saturated carbocycles. The third-order valence-corrected chi connectivity index (χ3v) is 3.54. The van der Waals surface area contributed by atoms with Gasteiger partial charge < -0.3 is 9.47 Å². The molecule has 1 atom stereocenters. The third-order valence-electron chi connectivity index (χ3n) is 3.54. The molecule has 2 fully saturated rings. The zero-order chi connectivity index (χ0) is 12.6. The summed E-state index contributed by atoms with van der Waals surface area (Å²) in [5.41, 5.74) is 0.575. The molecule has 0 aromatic heterocycles. The summed E-state index contributed by atoms with van der Waals surface area (Å²) in [6, 6.07) is 8.90. The van der Waals surface area contributed by atoms with Crippen LogP contribution >= 0.6 is 0 Å². The zero-order valence-electron chi connectivity index (χ0n) is 9.93. The zero-order valence-corrected chi connectivity index (χ0v) is 9.93. The van der Waals surface area contributed by atoms with Crippen LogP contribution in [-0.2, 0) is 14.3 Å². The van der Waals surface area contributed by atoms with Gasteiger partial charge in [-0.15, -0.1) is 0 Å². The van der Waals surface area contributed by atoms with Crippen molar-refractivity contribution in [2.45, 2.75) is 18.6 Å². The van der Waals surface area contributed by atoms with Crippen LogP contribution in [0.4, 0.5) is 0 Å². The first-order valence-corrected chi connectivity index (χ1v) is 6.10. The second-order valence-corrected chi connectivity index (χ2v) is 4.74. The predicted molar refractivity (Wildman–Crippen MR) is 63.1 cm³/mol. The minimum absolute atomic E-state index is 0.0780. The summed E-state index contributed by atoms with van der Waals surface area (Å²) in [6.45, 7) is 0.999. The molecular weight excluding hydrogens is 232 g/mol. The van der Waals surface area contributed by atoms with Crippen molar-refractivity contribution in [1.29, 1.82) is 0 Å². The lowest BCUT2D eigenvalue weighted by Crippen LogP contribution is -2.27. The number of hydrogen-bond donors (Lipinski definition) is 0. The van der Waals surface area contributed by atoms with Gasteiger partial charge in [-0.2, -0.15) is 0 Å². The van der Waals surface area contributed by atoms with Crippen LogP contribution in [0.25, 0.3) is 0 Å². The Kier molecular flexibility index (Phi) is 2.76. The summed E-state index contributed by atoms with van der Waals surface area (Å²) in [7, 11) is 0. The van der Waals surface area contributed by atoms with E-state index in [4.69, 9.17) is 9.47 Å². The average Bonchev–Trinajstić information content (AvgIpc) is 2.97. The summed E-state index contributed by atoms with van der Waals surface area (Å²) >= 11 is 0. The lowest BCUT2D eigenvalue weighted by atomic mass is 9.95. The largest absolute Gasteiger partial charge is 0.347 e. The molecule has 1 saturated heterocycles. The Hall–Kier alpha value is -1.52. The van der Waals surface area contributed by atoms with E-state index in [-0.39, 0.29) is 18.0 Å². The minimum atomic E-state index is -0.827. The van der Waals surface area contributed by atoms with Gasteiger partial charge in [0.25, 0.3) is 0 Å². The molecule has 0 bridgehead atoms. The van der Waals surface area contributed by atoms with E-state index < -0.39 is 11.7 Å². The van der Waals surface area contributed by atoms with Crippen LogP contribution in [0, 0.1) is 5.92 Å². The Morgan fingerprint density at radius 2 is 1.83 bits per heavy atom. The van der Waals surface area contributed by atoms with Crippen molar-refractivity contribution < 1.29 is 19.1 Å². The normalized spacial score (nSPS) is 25.8. The maximum absolute atomic E-state index is 12.3. The first kappa shape index (κ1) is 11.6. The summed E-state index contributed by atoms with van der Waals surface area (Å²) in [4.78, 5) is 24.2. The van der Waals surface area contributed by atoms with Gasteiger partial charge in [0.15, 0.2) is 11.6 Å². The summed E-state index contributed by atoms with van der Waals surface area (Å²) in [5.74, 6) is -1.65. The van der Waals surface area contributed by atoms with Crippen LogP contribution in [0.3, 0.4) is 0 Å². The van der Waals surface area contributed by atoms with Crippen molar-refractivity contribution in [3.63, 3.8) is 0 Å². The number of hydrogen-bond acceptors (Lipinski definition) is 4. The number of ether oxygens (including phenoxy) is 2. The highest BCUT2D eigenvalue weighted by atomic mass is 16.7. The van der Waals surface area contributed by atoms with Gasteiger partial charge in [0.2, 0.25) is 0 Å². The maximum atomic E-state index is 12.3. The van der Waals surface area contributed by atoms with Gasteiger partial charge >= 0.3 is 0 Å². The molecule has 0 radical (unpaired) electrons. The monoisotopic (exact) mass is 246 g/mol. The lowest BCUT2D eigenvalue weighted by Gasteiger charge is -2.20. The van der Waals surface area contributed by atoms with E-state index in [1.54, 1.807) is 24.3 Å². The van der Waals surface area contributed by atoms with Crippen molar-refractivity contribution in [1.82, 2.24) is 0 Å². The molecule has 2 aliphatic rings. The van der Waals surface area contributed by atoms with Crippen LogP contribution < -0.4 is 0 Å². The highest BCUT2D eigenvalue weighted by Crippen LogP contribution is 2.39. The molecule has 1 aliphatic carbocycles. The first-order valence-electron chi connectivity index (χ1n) is 6.10. The number of rotatable bonds is 2. The molecule has 1 aromatic carbocycles. The number of ketones is 2.